The Kier molecular flexibility index (Phi) is 4.23. The molecule has 1 aromatic heterocycles. The van der Waals surface area contributed by atoms with E-state index in [0.29, 0.717) is 16.2 Å². The van der Waals surface area contributed by atoms with E-state index in [4.69, 9.17) is 20.8 Å². The van der Waals surface area contributed by atoms with E-state index in [1.165, 1.54) is 11.8 Å². The largest absolute Gasteiger partial charge is 0.449 e. The SMILES string of the molecule is Cc1c(C(=O)O[C@H](C)C(=O)N(C)C)oc2ccc(Cl)cc12. The van der Waals surface area contributed by atoms with Crippen molar-refractivity contribution in [2.75, 3.05) is 14.1 Å². The fraction of sp³-hybridized carbons (Fsp3) is 0.333. The van der Waals surface area contributed by atoms with Gasteiger partial charge in [-0.05, 0) is 32.0 Å². The number of nitrogens with zero attached hydrogens (tertiary/aromatic N) is 1. The quantitative estimate of drug-likeness (QED) is 0.818. The van der Waals surface area contributed by atoms with Crippen LogP contribution in [0.2, 0.25) is 5.02 Å². The Morgan fingerprint density at radius 3 is 2.62 bits per heavy atom. The van der Waals surface area contributed by atoms with E-state index in [2.05, 4.69) is 0 Å². The van der Waals surface area contributed by atoms with Gasteiger partial charge in [-0.3, -0.25) is 4.79 Å². The van der Waals surface area contributed by atoms with E-state index in [9.17, 15) is 9.59 Å². The number of likely N-dealkylation sites (N-methyl/N-ethyl adjacent to an activating group) is 1. The van der Waals surface area contributed by atoms with Gasteiger partial charge in [-0.15, -0.1) is 0 Å². The van der Waals surface area contributed by atoms with Gasteiger partial charge in [0.15, 0.2) is 6.10 Å². The number of halogens is 1. The maximum Gasteiger partial charge on any atom is 0.375 e. The summed E-state index contributed by atoms with van der Waals surface area (Å²) in [6.07, 6.45) is -0.872. The van der Waals surface area contributed by atoms with Crippen LogP contribution >= 0.6 is 11.6 Å². The predicted octanol–water partition coefficient (Wildman–Crippen LogP) is 3.03. The number of esters is 1. The smallest absolute Gasteiger partial charge is 0.375 e. The molecule has 6 heteroatoms. The van der Waals surface area contributed by atoms with Gasteiger partial charge in [0.05, 0.1) is 0 Å². The number of carbonyl (C=O) groups is 2. The summed E-state index contributed by atoms with van der Waals surface area (Å²) in [5.41, 5.74) is 1.19. The van der Waals surface area contributed by atoms with E-state index in [-0.39, 0.29) is 11.7 Å². The topological polar surface area (TPSA) is 59.8 Å². The van der Waals surface area contributed by atoms with Crippen LogP contribution in [-0.4, -0.2) is 37.0 Å². The molecule has 1 aromatic carbocycles. The minimum Gasteiger partial charge on any atom is -0.449 e. The van der Waals surface area contributed by atoms with Gasteiger partial charge >= 0.3 is 5.97 Å². The summed E-state index contributed by atoms with van der Waals surface area (Å²) in [5, 5.41) is 1.31. The normalized spacial score (nSPS) is 12.2. The Balaban J connectivity index is 2.28. The minimum absolute atomic E-state index is 0.0886. The Bertz CT molecular complexity index is 705. The van der Waals surface area contributed by atoms with Crippen LogP contribution in [0, 0.1) is 6.92 Å². The van der Waals surface area contributed by atoms with E-state index in [1.807, 2.05) is 0 Å². The standard InChI is InChI=1S/C15H16ClNO4/c1-8-11-7-10(16)5-6-12(11)21-13(8)15(19)20-9(2)14(18)17(3)4/h5-7,9H,1-4H3/t9-/m1/s1. The number of amides is 1. The molecule has 0 radical (unpaired) electrons. The van der Waals surface area contributed by atoms with Crippen molar-refractivity contribution >= 4 is 34.4 Å². The molecule has 2 aromatic rings. The lowest BCUT2D eigenvalue weighted by molar-refractivity contribution is -0.137. The third-order valence-corrected chi connectivity index (χ3v) is 3.39. The van der Waals surface area contributed by atoms with Crippen molar-refractivity contribution in [3.05, 3.63) is 34.5 Å². The summed E-state index contributed by atoms with van der Waals surface area (Å²) < 4.78 is 10.6. The second-order valence-electron chi connectivity index (χ2n) is 4.98. The monoisotopic (exact) mass is 309 g/mol. The lowest BCUT2D eigenvalue weighted by atomic mass is 10.1. The van der Waals surface area contributed by atoms with Gasteiger partial charge in [-0.2, -0.15) is 0 Å². The van der Waals surface area contributed by atoms with E-state index >= 15 is 0 Å². The van der Waals surface area contributed by atoms with Gasteiger partial charge in [0, 0.05) is 30.1 Å². The zero-order valence-electron chi connectivity index (χ0n) is 12.3. The van der Waals surface area contributed by atoms with Gasteiger partial charge in [-0.1, -0.05) is 11.6 Å². The Morgan fingerprint density at radius 1 is 1.33 bits per heavy atom. The first-order valence-electron chi connectivity index (χ1n) is 6.42. The van der Waals surface area contributed by atoms with Crippen LogP contribution in [-0.2, 0) is 9.53 Å². The Hall–Kier alpha value is -2.01. The fourth-order valence-electron chi connectivity index (χ4n) is 2.02. The van der Waals surface area contributed by atoms with Gasteiger partial charge in [0.1, 0.15) is 5.58 Å². The molecule has 21 heavy (non-hydrogen) atoms. The number of hydrogen-bond donors (Lipinski definition) is 0. The molecule has 0 spiro atoms. The first kappa shape index (κ1) is 15.4. The summed E-state index contributed by atoms with van der Waals surface area (Å²) in [6, 6.07) is 5.09. The van der Waals surface area contributed by atoms with E-state index in [1.54, 1.807) is 39.2 Å². The highest BCUT2D eigenvalue weighted by atomic mass is 35.5. The molecule has 0 N–H and O–H groups in total. The molecule has 1 amide bonds. The van der Waals surface area contributed by atoms with Crippen LogP contribution < -0.4 is 0 Å². The second-order valence-corrected chi connectivity index (χ2v) is 5.41. The van der Waals surface area contributed by atoms with E-state index in [0.717, 1.165) is 5.39 Å². The molecule has 0 aliphatic heterocycles. The van der Waals surface area contributed by atoms with Gasteiger partial charge < -0.3 is 14.1 Å². The minimum atomic E-state index is -0.872. The first-order valence-corrected chi connectivity index (χ1v) is 6.80. The molecule has 0 aliphatic rings. The van der Waals surface area contributed by atoms with Crippen LogP contribution in [0.4, 0.5) is 0 Å². The second kappa shape index (κ2) is 5.77. The number of aryl methyl sites for hydroxylation is 1. The van der Waals surface area contributed by atoms with Crippen molar-refractivity contribution in [3.63, 3.8) is 0 Å². The molecule has 0 fully saturated rings. The highest BCUT2D eigenvalue weighted by Gasteiger charge is 2.24. The molecule has 0 saturated carbocycles. The van der Waals surface area contributed by atoms with Crippen LogP contribution in [0.15, 0.2) is 22.6 Å². The summed E-state index contributed by atoms with van der Waals surface area (Å²) in [7, 11) is 3.20. The number of ether oxygens (including phenoxy) is 1. The first-order chi connectivity index (χ1) is 9.81. The molecule has 1 atom stereocenters. The van der Waals surface area contributed by atoms with Crippen molar-refractivity contribution in [1.82, 2.24) is 4.90 Å². The maximum atomic E-state index is 12.1. The molecular weight excluding hydrogens is 294 g/mol. The van der Waals surface area contributed by atoms with Crippen molar-refractivity contribution < 1.29 is 18.7 Å². The van der Waals surface area contributed by atoms with Crippen molar-refractivity contribution in [2.45, 2.75) is 20.0 Å². The van der Waals surface area contributed by atoms with Gasteiger partial charge in [0.2, 0.25) is 5.76 Å². The van der Waals surface area contributed by atoms with Crippen LogP contribution in [0.3, 0.4) is 0 Å². The van der Waals surface area contributed by atoms with Crippen molar-refractivity contribution in [2.24, 2.45) is 0 Å². The predicted molar refractivity (Wildman–Crippen MR) is 79.5 cm³/mol. The highest BCUT2D eigenvalue weighted by molar-refractivity contribution is 6.31. The number of fused-ring (bicyclic) bond motifs is 1. The molecule has 0 aliphatic carbocycles. The maximum absolute atomic E-state index is 12.1. The molecule has 0 unspecified atom stereocenters. The number of furan rings is 1. The fourth-order valence-corrected chi connectivity index (χ4v) is 2.19. The molecule has 0 saturated heterocycles. The van der Waals surface area contributed by atoms with Gasteiger partial charge in [0.25, 0.3) is 5.91 Å². The summed E-state index contributed by atoms with van der Waals surface area (Å²) >= 11 is 5.93. The zero-order chi connectivity index (χ0) is 15.7. The number of benzene rings is 1. The third kappa shape index (κ3) is 3.03. The molecular formula is C15H16ClNO4. The summed E-state index contributed by atoms with van der Waals surface area (Å²) in [5.74, 6) is -0.867. The lowest BCUT2D eigenvalue weighted by Crippen LogP contribution is -2.34. The van der Waals surface area contributed by atoms with E-state index < -0.39 is 12.1 Å². The molecule has 1 heterocycles. The molecule has 112 valence electrons. The number of hydrogen-bond acceptors (Lipinski definition) is 4. The summed E-state index contributed by atoms with van der Waals surface area (Å²) in [4.78, 5) is 25.2. The molecule has 2 rings (SSSR count). The van der Waals surface area contributed by atoms with Crippen LogP contribution in [0.1, 0.15) is 23.0 Å². The lowest BCUT2D eigenvalue weighted by Gasteiger charge is -2.16. The van der Waals surface area contributed by atoms with Crippen LogP contribution in [0.25, 0.3) is 11.0 Å². The Morgan fingerprint density at radius 2 is 2.00 bits per heavy atom. The average Bonchev–Trinajstić information content (AvgIpc) is 2.75. The van der Waals surface area contributed by atoms with Crippen LogP contribution in [0.5, 0.6) is 0 Å². The Labute approximate surface area is 127 Å². The average molecular weight is 310 g/mol. The zero-order valence-corrected chi connectivity index (χ0v) is 13.0. The molecule has 0 bridgehead atoms. The van der Waals surface area contributed by atoms with Crippen molar-refractivity contribution in [1.29, 1.82) is 0 Å². The van der Waals surface area contributed by atoms with Crippen molar-refractivity contribution in [3.8, 4) is 0 Å². The highest BCUT2D eigenvalue weighted by Crippen LogP contribution is 2.28. The molecule has 5 nitrogen and oxygen atoms in total. The summed E-state index contributed by atoms with van der Waals surface area (Å²) in [6.45, 7) is 3.27. The third-order valence-electron chi connectivity index (χ3n) is 3.16. The number of carbonyl (C=O) groups excluding carboxylic acids is 2. The number of rotatable bonds is 3. The van der Waals surface area contributed by atoms with Gasteiger partial charge in [-0.25, -0.2) is 4.79 Å².